The van der Waals surface area contributed by atoms with Crippen molar-refractivity contribution in [2.24, 2.45) is 0 Å². The minimum atomic E-state index is 0.399. The van der Waals surface area contributed by atoms with Gasteiger partial charge in [-0.05, 0) is 67.1 Å². The molecule has 25 heavy (non-hydrogen) atoms. The molecule has 2 aromatic carbocycles. The van der Waals surface area contributed by atoms with E-state index in [4.69, 9.17) is 33.7 Å². The van der Waals surface area contributed by atoms with Gasteiger partial charge in [-0.3, -0.25) is 0 Å². The number of nitrogens with zero attached hydrogens (tertiary/aromatic N) is 1. The molecule has 3 rings (SSSR count). The van der Waals surface area contributed by atoms with Gasteiger partial charge in [-0.1, -0.05) is 23.2 Å². The van der Waals surface area contributed by atoms with E-state index in [0.29, 0.717) is 28.3 Å². The van der Waals surface area contributed by atoms with Gasteiger partial charge < -0.3 is 15.8 Å². The smallest absolute Gasteiger partial charge is 0.133 e. The average molecular weight is 374 g/mol. The molecule has 0 atom stereocenters. The van der Waals surface area contributed by atoms with E-state index < -0.39 is 0 Å². The van der Waals surface area contributed by atoms with Gasteiger partial charge in [-0.25, -0.2) is 4.98 Å². The highest BCUT2D eigenvalue weighted by Gasteiger charge is 2.10. The van der Waals surface area contributed by atoms with Crippen LogP contribution >= 0.6 is 23.2 Å². The Hall–Kier alpha value is -2.43. The van der Waals surface area contributed by atoms with Crippen molar-refractivity contribution >= 4 is 40.5 Å². The largest absolute Gasteiger partial charge is 0.493 e. The summed E-state index contributed by atoms with van der Waals surface area (Å²) in [6, 6.07) is 16.6. The van der Waals surface area contributed by atoms with Gasteiger partial charge in [-0.2, -0.15) is 0 Å². The number of nitrogens with one attached hydrogen (secondary N) is 1. The van der Waals surface area contributed by atoms with Gasteiger partial charge in [0.1, 0.15) is 17.4 Å². The maximum absolute atomic E-state index is 6.16. The number of pyridine rings is 1. The normalized spacial score (nSPS) is 10.5. The minimum Gasteiger partial charge on any atom is -0.493 e. The lowest BCUT2D eigenvalue weighted by atomic mass is 10.1. The van der Waals surface area contributed by atoms with Crippen LogP contribution in [-0.2, 0) is 0 Å². The molecular weight excluding hydrogens is 357 g/mol. The van der Waals surface area contributed by atoms with Gasteiger partial charge in [0, 0.05) is 21.3 Å². The fraction of sp³-hybridized carbons (Fsp3) is 0.105. The van der Waals surface area contributed by atoms with Crippen LogP contribution in [0.4, 0.5) is 17.3 Å². The molecule has 0 aliphatic heterocycles. The predicted molar refractivity (Wildman–Crippen MR) is 105 cm³/mol. The Labute approximate surface area is 156 Å². The first kappa shape index (κ1) is 17.4. The summed E-state index contributed by atoms with van der Waals surface area (Å²) in [5, 5.41) is 4.52. The van der Waals surface area contributed by atoms with Crippen molar-refractivity contribution < 1.29 is 4.74 Å². The summed E-state index contributed by atoms with van der Waals surface area (Å²) in [5.41, 5.74) is 8.59. The molecule has 0 saturated heterocycles. The Morgan fingerprint density at radius 2 is 1.72 bits per heavy atom. The van der Waals surface area contributed by atoms with Crippen molar-refractivity contribution in [1.82, 2.24) is 4.98 Å². The molecule has 0 amide bonds. The summed E-state index contributed by atoms with van der Waals surface area (Å²) in [4.78, 5) is 4.34. The second-order valence-electron chi connectivity index (χ2n) is 5.37. The van der Waals surface area contributed by atoms with E-state index in [0.717, 1.165) is 22.6 Å². The van der Waals surface area contributed by atoms with Gasteiger partial charge in [0.05, 0.1) is 6.61 Å². The number of ether oxygens (including phenoxy) is 1. The number of nitrogen functional groups attached to an aromatic ring is 1. The number of anilines is 3. The maximum Gasteiger partial charge on any atom is 0.133 e. The van der Waals surface area contributed by atoms with E-state index in [2.05, 4.69) is 10.3 Å². The molecular formula is C19H17Cl2N3O. The molecule has 0 bridgehead atoms. The molecule has 0 aliphatic rings. The van der Waals surface area contributed by atoms with Gasteiger partial charge in [0.15, 0.2) is 0 Å². The second kappa shape index (κ2) is 7.64. The number of aromatic nitrogens is 1. The summed E-state index contributed by atoms with van der Waals surface area (Å²) < 4.78 is 5.70. The van der Waals surface area contributed by atoms with Crippen molar-refractivity contribution in [3.8, 4) is 16.9 Å². The Morgan fingerprint density at radius 3 is 2.44 bits per heavy atom. The predicted octanol–water partition coefficient (Wildman–Crippen LogP) is 5.78. The maximum atomic E-state index is 6.16. The monoisotopic (exact) mass is 373 g/mol. The van der Waals surface area contributed by atoms with Crippen molar-refractivity contribution in [3.05, 3.63) is 64.6 Å². The minimum absolute atomic E-state index is 0.399. The standard InChI is InChI=1S/C19H17Cl2N3O/c1-2-25-17-8-5-14(21)11-16(17)12-9-18(22)24-19(10-12)23-15-6-3-13(20)4-7-15/h3-11H,2H2,1H3,(H3,22,23,24). The van der Waals surface area contributed by atoms with Gasteiger partial charge >= 0.3 is 0 Å². The lowest BCUT2D eigenvalue weighted by molar-refractivity contribution is 0.341. The van der Waals surface area contributed by atoms with Crippen LogP contribution in [0, 0.1) is 0 Å². The van der Waals surface area contributed by atoms with E-state index in [-0.39, 0.29) is 0 Å². The number of halogens is 2. The molecule has 128 valence electrons. The van der Waals surface area contributed by atoms with E-state index in [9.17, 15) is 0 Å². The fourth-order valence-electron chi connectivity index (χ4n) is 2.46. The first-order valence-electron chi connectivity index (χ1n) is 7.78. The molecule has 3 aromatic rings. The van der Waals surface area contributed by atoms with Crippen LogP contribution in [-0.4, -0.2) is 11.6 Å². The zero-order valence-electron chi connectivity index (χ0n) is 13.6. The van der Waals surface area contributed by atoms with E-state index in [1.54, 1.807) is 24.3 Å². The number of rotatable bonds is 5. The summed E-state index contributed by atoms with van der Waals surface area (Å²) in [7, 11) is 0. The quantitative estimate of drug-likeness (QED) is 0.594. The molecule has 1 aromatic heterocycles. The summed E-state index contributed by atoms with van der Waals surface area (Å²) in [6.07, 6.45) is 0. The highest BCUT2D eigenvalue weighted by Crippen LogP contribution is 2.35. The highest BCUT2D eigenvalue weighted by molar-refractivity contribution is 6.31. The van der Waals surface area contributed by atoms with Crippen molar-refractivity contribution in [2.75, 3.05) is 17.7 Å². The lowest BCUT2D eigenvalue weighted by Crippen LogP contribution is -1.99. The zero-order valence-corrected chi connectivity index (χ0v) is 15.1. The van der Waals surface area contributed by atoms with Crippen LogP contribution in [0.5, 0.6) is 5.75 Å². The van der Waals surface area contributed by atoms with Gasteiger partial charge in [0.25, 0.3) is 0 Å². The molecule has 0 saturated carbocycles. The van der Waals surface area contributed by atoms with Gasteiger partial charge in [0.2, 0.25) is 0 Å². The number of hydrogen-bond donors (Lipinski definition) is 2. The van der Waals surface area contributed by atoms with E-state index in [1.807, 2.05) is 37.3 Å². The van der Waals surface area contributed by atoms with Crippen LogP contribution in [0.25, 0.3) is 11.1 Å². The van der Waals surface area contributed by atoms with Crippen LogP contribution in [0.15, 0.2) is 54.6 Å². The molecule has 6 heteroatoms. The lowest BCUT2D eigenvalue weighted by Gasteiger charge is -2.13. The first-order valence-corrected chi connectivity index (χ1v) is 8.53. The number of benzene rings is 2. The third kappa shape index (κ3) is 4.35. The van der Waals surface area contributed by atoms with Crippen molar-refractivity contribution in [2.45, 2.75) is 6.92 Å². The Kier molecular flexibility index (Phi) is 5.31. The third-order valence-electron chi connectivity index (χ3n) is 3.51. The molecule has 4 nitrogen and oxygen atoms in total. The summed E-state index contributed by atoms with van der Waals surface area (Å²) >= 11 is 12.1. The molecule has 0 radical (unpaired) electrons. The van der Waals surface area contributed by atoms with Crippen LogP contribution in [0.3, 0.4) is 0 Å². The molecule has 0 fully saturated rings. The first-order chi connectivity index (χ1) is 12.0. The average Bonchev–Trinajstić information content (AvgIpc) is 2.58. The SMILES string of the molecule is CCOc1ccc(Cl)cc1-c1cc(N)nc(Nc2ccc(Cl)cc2)c1. The van der Waals surface area contributed by atoms with E-state index >= 15 is 0 Å². The molecule has 0 spiro atoms. The molecule has 0 unspecified atom stereocenters. The third-order valence-corrected chi connectivity index (χ3v) is 4.00. The Balaban J connectivity index is 1.99. The Morgan fingerprint density at radius 1 is 1.00 bits per heavy atom. The zero-order chi connectivity index (χ0) is 17.8. The Bertz CT molecular complexity index is 882. The molecule has 1 heterocycles. The topological polar surface area (TPSA) is 60.2 Å². The summed E-state index contributed by atoms with van der Waals surface area (Å²) in [6.45, 7) is 2.50. The molecule has 0 aliphatic carbocycles. The van der Waals surface area contributed by atoms with Crippen LogP contribution in [0.2, 0.25) is 10.0 Å². The van der Waals surface area contributed by atoms with Gasteiger partial charge in [-0.15, -0.1) is 0 Å². The summed E-state index contributed by atoms with van der Waals surface area (Å²) in [5.74, 6) is 1.77. The highest BCUT2D eigenvalue weighted by atomic mass is 35.5. The van der Waals surface area contributed by atoms with Crippen LogP contribution in [0.1, 0.15) is 6.92 Å². The number of nitrogens with two attached hydrogens (primary N) is 1. The fourth-order valence-corrected chi connectivity index (χ4v) is 2.76. The van der Waals surface area contributed by atoms with Crippen LogP contribution < -0.4 is 15.8 Å². The number of hydrogen-bond acceptors (Lipinski definition) is 4. The van der Waals surface area contributed by atoms with Crippen molar-refractivity contribution in [1.29, 1.82) is 0 Å². The second-order valence-corrected chi connectivity index (χ2v) is 6.24. The van der Waals surface area contributed by atoms with Crippen molar-refractivity contribution in [3.63, 3.8) is 0 Å². The molecule has 3 N–H and O–H groups in total. The van der Waals surface area contributed by atoms with E-state index in [1.165, 1.54) is 0 Å².